The Kier molecular flexibility index (Phi) is 8.27. The molecule has 7 nitrogen and oxygen atoms in total. The van der Waals surface area contributed by atoms with Crippen molar-refractivity contribution >= 4 is 51.1 Å². The van der Waals surface area contributed by atoms with Crippen molar-refractivity contribution in [2.75, 3.05) is 35.4 Å². The van der Waals surface area contributed by atoms with Crippen LogP contribution in [-0.4, -0.2) is 57.8 Å². The van der Waals surface area contributed by atoms with E-state index < -0.39 is 44.8 Å². The monoisotopic (exact) mass is 659 g/mol. The Morgan fingerprint density at radius 3 is 2.34 bits per heavy atom. The van der Waals surface area contributed by atoms with E-state index in [1.807, 2.05) is 4.90 Å². The van der Waals surface area contributed by atoms with Gasteiger partial charge in [-0.25, -0.2) is 8.42 Å². The van der Waals surface area contributed by atoms with Gasteiger partial charge in [0.1, 0.15) is 5.75 Å². The van der Waals surface area contributed by atoms with Gasteiger partial charge in [-0.1, -0.05) is 42.0 Å². The first-order chi connectivity index (χ1) is 20.5. The molecule has 234 valence electrons. The van der Waals surface area contributed by atoms with Crippen LogP contribution < -0.4 is 13.9 Å². The Morgan fingerprint density at radius 2 is 1.66 bits per heavy atom. The van der Waals surface area contributed by atoms with Crippen LogP contribution >= 0.6 is 11.6 Å². The standard InChI is InChI=1S/C29H24ClF6N3O4S/c1-18(40)37-12-13-38-20(16-37)17-39(44(41,42)22-5-2-4-21(15-22)43-29(34,35)36)27-14-19(9-11-26(27)38)8-10-23-24(28(31,32)33)6-3-7-25(23)30/h2-11,14-15,20H,12-13,16-17H2,1H3/b10-8+/t20-/m0/s1. The van der Waals surface area contributed by atoms with E-state index >= 15 is 0 Å². The summed E-state index contributed by atoms with van der Waals surface area (Å²) in [4.78, 5) is 15.1. The molecule has 44 heavy (non-hydrogen) atoms. The minimum Gasteiger partial charge on any atom is -0.406 e. The molecule has 0 radical (unpaired) electrons. The van der Waals surface area contributed by atoms with E-state index in [4.69, 9.17) is 11.6 Å². The molecule has 1 amide bonds. The summed E-state index contributed by atoms with van der Waals surface area (Å²) in [6.07, 6.45) is -7.18. The number of carbonyl (C=O) groups is 1. The van der Waals surface area contributed by atoms with Gasteiger partial charge in [0.25, 0.3) is 10.0 Å². The predicted molar refractivity (Wildman–Crippen MR) is 153 cm³/mol. The molecule has 0 aromatic heterocycles. The summed E-state index contributed by atoms with van der Waals surface area (Å²) in [5.41, 5.74) is -0.244. The van der Waals surface area contributed by atoms with Crippen molar-refractivity contribution in [3.8, 4) is 5.75 Å². The molecule has 0 N–H and O–H groups in total. The number of anilines is 2. The molecule has 1 saturated heterocycles. The highest BCUT2D eigenvalue weighted by molar-refractivity contribution is 7.92. The largest absolute Gasteiger partial charge is 0.573 e. The lowest BCUT2D eigenvalue weighted by molar-refractivity contribution is -0.274. The number of halogens is 7. The Balaban J connectivity index is 1.59. The van der Waals surface area contributed by atoms with Gasteiger partial charge in [-0.15, -0.1) is 13.2 Å². The van der Waals surface area contributed by atoms with E-state index in [9.17, 15) is 39.6 Å². The third kappa shape index (κ3) is 6.46. The minimum absolute atomic E-state index is 0.134. The number of benzene rings is 3. The van der Waals surface area contributed by atoms with Gasteiger partial charge in [0.15, 0.2) is 0 Å². The van der Waals surface area contributed by atoms with Gasteiger partial charge in [-0.05, 0) is 42.0 Å². The summed E-state index contributed by atoms with van der Waals surface area (Å²) in [6, 6.07) is 11.6. The van der Waals surface area contributed by atoms with Crippen molar-refractivity contribution in [2.45, 2.75) is 30.4 Å². The molecule has 0 spiro atoms. The summed E-state index contributed by atoms with van der Waals surface area (Å²) in [6.45, 7) is 2.20. The second-order valence-corrected chi connectivity index (χ2v) is 12.4. The number of amides is 1. The number of sulfonamides is 1. The Labute approximate surface area is 253 Å². The van der Waals surface area contributed by atoms with Crippen molar-refractivity contribution < 1.29 is 44.3 Å². The van der Waals surface area contributed by atoms with Gasteiger partial charge >= 0.3 is 12.5 Å². The zero-order valence-corrected chi connectivity index (χ0v) is 24.4. The van der Waals surface area contributed by atoms with Crippen molar-refractivity contribution in [1.82, 2.24) is 4.90 Å². The number of nitrogens with zero attached hydrogens (tertiary/aromatic N) is 3. The van der Waals surface area contributed by atoms with E-state index in [-0.39, 0.29) is 35.3 Å². The molecule has 0 unspecified atom stereocenters. The Morgan fingerprint density at radius 1 is 0.932 bits per heavy atom. The van der Waals surface area contributed by atoms with Crippen LogP contribution in [0.1, 0.15) is 23.6 Å². The molecule has 2 heterocycles. The van der Waals surface area contributed by atoms with Crippen molar-refractivity contribution in [3.63, 3.8) is 0 Å². The molecule has 0 aliphatic carbocycles. The molecule has 15 heteroatoms. The van der Waals surface area contributed by atoms with Crippen LogP contribution in [0.2, 0.25) is 5.02 Å². The lowest BCUT2D eigenvalue weighted by atomic mass is 10.0. The van der Waals surface area contributed by atoms with Crippen LogP contribution in [0.4, 0.5) is 37.7 Å². The van der Waals surface area contributed by atoms with E-state index in [0.29, 0.717) is 24.3 Å². The molecular weight excluding hydrogens is 636 g/mol. The first-order valence-electron chi connectivity index (χ1n) is 13.1. The van der Waals surface area contributed by atoms with Gasteiger partial charge < -0.3 is 14.5 Å². The quantitative estimate of drug-likeness (QED) is 0.226. The fourth-order valence-corrected chi connectivity index (χ4v) is 7.09. The molecule has 1 atom stereocenters. The molecule has 3 aromatic carbocycles. The lowest BCUT2D eigenvalue weighted by Gasteiger charge is -2.49. The van der Waals surface area contributed by atoms with Gasteiger partial charge in [-0.3, -0.25) is 9.10 Å². The zero-order chi connectivity index (χ0) is 32.0. The average Bonchev–Trinajstić information content (AvgIpc) is 2.94. The minimum atomic E-state index is -5.05. The summed E-state index contributed by atoms with van der Waals surface area (Å²) >= 11 is 6.08. The van der Waals surface area contributed by atoms with Crippen LogP contribution in [0.3, 0.4) is 0 Å². The fraction of sp³-hybridized carbons (Fsp3) is 0.276. The number of ether oxygens (including phenoxy) is 1. The maximum Gasteiger partial charge on any atom is 0.573 e. The van der Waals surface area contributed by atoms with Gasteiger partial charge in [-0.2, -0.15) is 13.2 Å². The maximum absolute atomic E-state index is 14.0. The highest BCUT2D eigenvalue weighted by atomic mass is 35.5. The number of fused-ring (bicyclic) bond motifs is 3. The van der Waals surface area contributed by atoms with Gasteiger partial charge in [0.05, 0.1) is 34.4 Å². The molecule has 0 bridgehead atoms. The van der Waals surface area contributed by atoms with E-state index in [2.05, 4.69) is 4.74 Å². The number of hydrogen-bond acceptors (Lipinski definition) is 5. The second kappa shape index (κ2) is 11.5. The molecule has 5 rings (SSSR count). The molecule has 1 fully saturated rings. The van der Waals surface area contributed by atoms with Crippen molar-refractivity contribution in [2.24, 2.45) is 0 Å². The highest BCUT2D eigenvalue weighted by Crippen LogP contribution is 2.42. The van der Waals surface area contributed by atoms with Crippen molar-refractivity contribution in [1.29, 1.82) is 0 Å². The SMILES string of the molecule is CC(=O)N1CCN2c3ccc(/C=C/c4c(Cl)cccc4C(F)(F)F)cc3N(S(=O)(=O)c3cccc(OC(F)(F)F)c3)C[C@@H]2C1. The third-order valence-electron chi connectivity index (χ3n) is 7.31. The summed E-state index contributed by atoms with van der Waals surface area (Å²) in [5, 5.41) is -0.134. The highest BCUT2D eigenvalue weighted by Gasteiger charge is 2.41. The van der Waals surface area contributed by atoms with Crippen LogP contribution in [-0.2, 0) is 21.0 Å². The number of rotatable bonds is 5. The predicted octanol–water partition coefficient (Wildman–Crippen LogP) is 6.67. The number of alkyl halides is 6. The van der Waals surface area contributed by atoms with Crippen LogP contribution in [0, 0.1) is 0 Å². The van der Waals surface area contributed by atoms with Gasteiger partial charge in [0.2, 0.25) is 5.91 Å². The van der Waals surface area contributed by atoms with Crippen molar-refractivity contribution in [3.05, 3.63) is 82.4 Å². The Bertz CT molecular complexity index is 1730. The summed E-state index contributed by atoms with van der Waals surface area (Å²) in [5.74, 6) is -0.921. The van der Waals surface area contributed by atoms with E-state index in [1.165, 1.54) is 37.3 Å². The topological polar surface area (TPSA) is 70.2 Å². The molecule has 2 aliphatic heterocycles. The molecule has 0 saturated carbocycles. The molecule has 3 aromatic rings. The number of piperazine rings is 1. The lowest BCUT2D eigenvalue weighted by Crippen LogP contribution is -2.61. The third-order valence-corrected chi connectivity index (χ3v) is 9.42. The van der Waals surface area contributed by atoms with Crippen LogP contribution in [0.15, 0.2) is 65.6 Å². The van der Waals surface area contributed by atoms with E-state index in [1.54, 1.807) is 17.0 Å². The smallest absolute Gasteiger partial charge is 0.406 e. The first-order valence-corrected chi connectivity index (χ1v) is 14.9. The Hall–Kier alpha value is -3.91. The first kappa shape index (κ1) is 31.5. The van der Waals surface area contributed by atoms with Crippen LogP contribution in [0.25, 0.3) is 12.2 Å². The summed E-state index contributed by atoms with van der Waals surface area (Å²) in [7, 11) is -4.50. The average molecular weight is 660 g/mol. The fourth-order valence-electron chi connectivity index (χ4n) is 5.31. The van der Waals surface area contributed by atoms with E-state index in [0.717, 1.165) is 34.6 Å². The number of carbonyl (C=O) groups excluding carboxylic acids is 1. The molecule has 2 aliphatic rings. The normalized spacial score (nSPS) is 17.5. The zero-order valence-electron chi connectivity index (χ0n) is 22.9. The molecular formula is C29H24ClF6N3O4S. The number of hydrogen-bond donors (Lipinski definition) is 0. The van der Waals surface area contributed by atoms with Crippen LogP contribution in [0.5, 0.6) is 5.75 Å². The second-order valence-electron chi connectivity index (χ2n) is 10.2. The maximum atomic E-state index is 14.0. The van der Waals surface area contributed by atoms with Gasteiger partial charge in [0, 0.05) is 43.2 Å². The summed E-state index contributed by atoms with van der Waals surface area (Å²) < 4.78 is 112.